The third kappa shape index (κ3) is 3.82. The Balaban J connectivity index is 1.51. The Labute approximate surface area is 141 Å². The molecule has 2 aliphatic heterocycles. The van der Waals surface area contributed by atoms with Crippen LogP contribution in [-0.2, 0) is 9.59 Å². The van der Waals surface area contributed by atoms with Crippen LogP contribution in [0.5, 0.6) is 0 Å². The zero-order chi connectivity index (χ0) is 17.1. The minimum atomic E-state index is -0.480. The van der Waals surface area contributed by atoms with Gasteiger partial charge in [-0.05, 0) is 56.1 Å². The zero-order valence-corrected chi connectivity index (χ0v) is 14.0. The van der Waals surface area contributed by atoms with Crippen molar-refractivity contribution in [3.63, 3.8) is 0 Å². The maximum absolute atomic E-state index is 13.0. The number of hydrogen-bond donors (Lipinski definition) is 1. The molecule has 2 saturated heterocycles. The first-order valence-corrected chi connectivity index (χ1v) is 8.62. The van der Waals surface area contributed by atoms with E-state index in [1.807, 2.05) is 0 Å². The van der Waals surface area contributed by atoms with Crippen molar-refractivity contribution >= 4 is 17.5 Å². The lowest BCUT2D eigenvalue weighted by Gasteiger charge is -2.30. The number of piperidine rings is 1. The number of nitrogens with one attached hydrogen (secondary N) is 1. The van der Waals surface area contributed by atoms with Gasteiger partial charge in [0.25, 0.3) is 5.91 Å². The highest BCUT2D eigenvalue weighted by Gasteiger charge is 2.39. The maximum atomic E-state index is 13.0. The normalized spacial score (nSPS) is 23.2. The van der Waals surface area contributed by atoms with Crippen molar-refractivity contribution in [3.8, 4) is 0 Å². The average Bonchev–Trinajstić information content (AvgIpc) is 2.85. The van der Waals surface area contributed by atoms with Gasteiger partial charge in [0.1, 0.15) is 5.82 Å². The van der Waals surface area contributed by atoms with Crippen LogP contribution in [0.15, 0.2) is 24.3 Å². The van der Waals surface area contributed by atoms with Gasteiger partial charge < -0.3 is 10.2 Å². The molecular weight excluding hydrogens is 309 g/mol. The minimum Gasteiger partial charge on any atom is -0.304 e. The van der Waals surface area contributed by atoms with Gasteiger partial charge in [-0.3, -0.25) is 9.59 Å². The van der Waals surface area contributed by atoms with Crippen molar-refractivity contribution in [1.82, 2.24) is 10.2 Å². The standard InChI is InChI=1S/C18H24FN3O2/c1-13-6-9-21(10-7-13)11-8-20-16-12-17(23)22(18(16)24)15-4-2-14(19)3-5-15/h2-5,13,16,20H,6-12H2,1H3. The number of amides is 2. The van der Waals surface area contributed by atoms with Gasteiger partial charge >= 0.3 is 0 Å². The van der Waals surface area contributed by atoms with Crippen LogP contribution in [0.3, 0.4) is 0 Å². The van der Waals surface area contributed by atoms with E-state index in [0.29, 0.717) is 12.2 Å². The summed E-state index contributed by atoms with van der Waals surface area (Å²) >= 11 is 0. The average molecular weight is 333 g/mol. The monoisotopic (exact) mass is 333 g/mol. The first-order valence-electron chi connectivity index (χ1n) is 8.62. The highest BCUT2D eigenvalue weighted by atomic mass is 19.1. The summed E-state index contributed by atoms with van der Waals surface area (Å²) in [6, 6.07) is 4.96. The van der Waals surface area contributed by atoms with Gasteiger partial charge in [-0.2, -0.15) is 0 Å². The Morgan fingerprint density at radius 1 is 1.17 bits per heavy atom. The number of hydrogen-bond acceptors (Lipinski definition) is 4. The number of rotatable bonds is 5. The third-order valence-corrected chi connectivity index (χ3v) is 4.93. The summed E-state index contributed by atoms with van der Waals surface area (Å²) in [7, 11) is 0. The van der Waals surface area contributed by atoms with Crippen molar-refractivity contribution in [2.75, 3.05) is 31.1 Å². The van der Waals surface area contributed by atoms with E-state index in [4.69, 9.17) is 0 Å². The lowest BCUT2D eigenvalue weighted by atomic mass is 9.99. The summed E-state index contributed by atoms with van der Waals surface area (Å²) in [6.07, 6.45) is 2.60. The fourth-order valence-corrected chi connectivity index (χ4v) is 3.34. The molecule has 1 unspecified atom stereocenters. The fourth-order valence-electron chi connectivity index (χ4n) is 3.34. The Kier molecular flexibility index (Phi) is 5.26. The lowest BCUT2D eigenvalue weighted by Crippen LogP contribution is -2.43. The third-order valence-electron chi connectivity index (χ3n) is 4.93. The van der Waals surface area contributed by atoms with Crippen LogP contribution in [0.25, 0.3) is 0 Å². The van der Waals surface area contributed by atoms with Crippen molar-refractivity contribution in [2.24, 2.45) is 5.92 Å². The van der Waals surface area contributed by atoms with Gasteiger partial charge in [-0.15, -0.1) is 0 Å². The molecule has 0 aliphatic carbocycles. The zero-order valence-electron chi connectivity index (χ0n) is 14.0. The number of imide groups is 1. The van der Waals surface area contributed by atoms with Gasteiger partial charge in [-0.1, -0.05) is 6.92 Å². The number of nitrogens with zero attached hydrogens (tertiary/aromatic N) is 2. The molecule has 0 aromatic heterocycles. The van der Waals surface area contributed by atoms with Crippen LogP contribution < -0.4 is 10.2 Å². The van der Waals surface area contributed by atoms with E-state index in [-0.39, 0.29) is 24.1 Å². The quantitative estimate of drug-likeness (QED) is 0.835. The van der Waals surface area contributed by atoms with Crippen molar-refractivity contribution in [2.45, 2.75) is 32.2 Å². The summed E-state index contributed by atoms with van der Waals surface area (Å²) < 4.78 is 13.0. The Morgan fingerprint density at radius 3 is 2.50 bits per heavy atom. The Morgan fingerprint density at radius 2 is 1.83 bits per heavy atom. The van der Waals surface area contributed by atoms with Gasteiger partial charge in [0.2, 0.25) is 5.91 Å². The summed E-state index contributed by atoms with van der Waals surface area (Å²) in [6.45, 7) is 6.06. The van der Waals surface area contributed by atoms with Crippen LogP contribution in [0.4, 0.5) is 10.1 Å². The predicted octanol–water partition coefficient (Wildman–Crippen LogP) is 1.78. The van der Waals surface area contributed by atoms with E-state index in [2.05, 4.69) is 17.1 Å². The first-order chi connectivity index (χ1) is 11.5. The molecule has 1 atom stereocenters. The topological polar surface area (TPSA) is 52.7 Å². The molecule has 0 saturated carbocycles. The molecule has 2 amide bonds. The molecule has 6 heteroatoms. The second-order valence-corrected chi connectivity index (χ2v) is 6.78. The van der Waals surface area contributed by atoms with Gasteiger partial charge in [0.05, 0.1) is 18.2 Å². The molecule has 130 valence electrons. The number of carbonyl (C=O) groups excluding carboxylic acids is 2. The van der Waals surface area contributed by atoms with E-state index in [0.717, 1.165) is 30.5 Å². The molecule has 2 heterocycles. The highest BCUT2D eigenvalue weighted by molar-refractivity contribution is 6.22. The second-order valence-electron chi connectivity index (χ2n) is 6.78. The van der Waals surface area contributed by atoms with Crippen LogP contribution in [0, 0.1) is 11.7 Å². The molecule has 1 aromatic rings. The molecule has 1 aromatic carbocycles. The minimum absolute atomic E-state index is 0.160. The number of likely N-dealkylation sites (tertiary alicyclic amines) is 1. The molecular formula is C18H24FN3O2. The van der Waals surface area contributed by atoms with E-state index >= 15 is 0 Å². The van der Waals surface area contributed by atoms with Gasteiger partial charge in [0, 0.05) is 13.1 Å². The molecule has 0 bridgehead atoms. The van der Waals surface area contributed by atoms with E-state index in [1.54, 1.807) is 0 Å². The summed E-state index contributed by atoms with van der Waals surface area (Å²) in [5.41, 5.74) is 0.431. The molecule has 1 N–H and O–H groups in total. The van der Waals surface area contributed by atoms with Crippen LogP contribution >= 0.6 is 0 Å². The smallest absolute Gasteiger partial charge is 0.251 e. The Hall–Kier alpha value is -1.79. The molecule has 3 rings (SSSR count). The van der Waals surface area contributed by atoms with E-state index in [9.17, 15) is 14.0 Å². The SMILES string of the molecule is CC1CCN(CCNC2CC(=O)N(c3ccc(F)cc3)C2=O)CC1. The van der Waals surface area contributed by atoms with Crippen LogP contribution in [0.1, 0.15) is 26.2 Å². The van der Waals surface area contributed by atoms with Gasteiger partial charge in [0.15, 0.2) is 0 Å². The molecule has 0 radical (unpaired) electrons. The highest BCUT2D eigenvalue weighted by Crippen LogP contribution is 2.23. The summed E-state index contributed by atoms with van der Waals surface area (Å²) in [4.78, 5) is 28.2. The molecule has 2 aliphatic rings. The fraction of sp³-hybridized carbons (Fsp3) is 0.556. The summed E-state index contributed by atoms with van der Waals surface area (Å²) in [5.74, 6) is -0.0781. The van der Waals surface area contributed by atoms with Crippen LogP contribution in [0.2, 0.25) is 0 Å². The number of benzene rings is 1. The van der Waals surface area contributed by atoms with Crippen molar-refractivity contribution in [1.29, 1.82) is 0 Å². The number of carbonyl (C=O) groups is 2. The first kappa shape index (κ1) is 17.0. The maximum Gasteiger partial charge on any atom is 0.251 e. The summed E-state index contributed by atoms with van der Waals surface area (Å²) in [5, 5.41) is 3.20. The predicted molar refractivity (Wildman–Crippen MR) is 90.1 cm³/mol. The molecule has 2 fully saturated rings. The van der Waals surface area contributed by atoms with Crippen molar-refractivity contribution in [3.05, 3.63) is 30.1 Å². The Bertz CT molecular complexity index is 597. The molecule has 5 nitrogen and oxygen atoms in total. The van der Waals surface area contributed by atoms with E-state index in [1.165, 1.54) is 37.1 Å². The molecule has 0 spiro atoms. The van der Waals surface area contributed by atoms with E-state index < -0.39 is 6.04 Å². The molecule has 24 heavy (non-hydrogen) atoms. The van der Waals surface area contributed by atoms with Crippen molar-refractivity contribution < 1.29 is 14.0 Å². The number of halogens is 1. The number of anilines is 1. The lowest BCUT2D eigenvalue weighted by molar-refractivity contribution is -0.121. The second kappa shape index (κ2) is 7.40. The van der Waals surface area contributed by atoms with Gasteiger partial charge in [-0.25, -0.2) is 9.29 Å². The van der Waals surface area contributed by atoms with Crippen LogP contribution in [-0.4, -0.2) is 48.9 Å². The largest absolute Gasteiger partial charge is 0.304 e.